The Morgan fingerprint density at radius 2 is 1.86 bits per heavy atom. The summed E-state index contributed by atoms with van der Waals surface area (Å²) in [6.07, 6.45) is 6.18. The Balaban J connectivity index is 1.36. The number of aliphatic hydroxyl groups is 1. The highest BCUT2D eigenvalue weighted by molar-refractivity contribution is 5.41. The van der Waals surface area contributed by atoms with Gasteiger partial charge in [0.15, 0.2) is 0 Å². The second kappa shape index (κ2) is 9.21. The summed E-state index contributed by atoms with van der Waals surface area (Å²) >= 11 is 0. The van der Waals surface area contributed by atoms with Crippen LogP contribution in [0.25, 0.3) is 0 Å². The second-order valence-electron chi connectivity index (χ2n) is 9.15. The van der Waals surface area contributed by atoms with E-state index in [4.69, 9.17) is 9.47 Å². The molecule has 3 aliphatic rings. The van der Waals surface area contributed by atoms with E-state index < -0.39 is 6.10 Å². The summed E-state index contributed by atoms with van der Waals surface area (Å²) in [5.41, 5.74) is 1.65. The Hall–Kier alpha value is -1.34. The van der Waals surface area contributed by atoms with E-state index in [1.54, 1.807) is 7.11 Å². The van der Waals surface area contributed by atoms with E-state index in [1.807, 2.05) is 12.1 Å². The zero-order valence-electron chi connectivity index (χ0n) is 18.1. The molecule has 0 radical (unpaired) electrons. The predicted octanol–water partition coefficient (Wildman–Crippen LogP) is 2.20. The van der Waals surface area contributed by atoms with Gasteiger partial charge in [-0.05, 0) is 45.3 Å². The minimum atomic E-state index is -0.484. The molecule has 4 rings (SSSR count). The minimum Gasteiger partial charge on any atom is -0.497 e. The SMILES string of the molecule is COc1ccc(CN2CCCCC23CC3)c(OCC(O)CN2CCN(C)CC2)c1. The molecule has 0 amide bonds. The molecule has 1 atom stereocenters. The Kier molecular flexibility index (Phi) is 6.64. The lowest BCUT2D eigenvalue weighted by Gasteiger charge is -2.36. The molecule has 1 spiro atoms. The van der Waals surface area contributed by atoms with E-state index >= 15 is 0 Å². The van der Waals surface area contributed by atoms with Gasteiger partial charge in [0.2, 0.25) is 0 Å². The van der Waals surface area contributed by atoms with Gasteiger partial charge in [0, 0.05) is 56.4 Å². The number of hydrogen-bond acceptors (Lipinski definition) is 6. The van der Waals surface area contributed by atoms with Crippen LogP contribution in [0.15, 0.2) is 18.2 Å². The first-order valence-electron chi connectivity index (χ1n) is 11.2. The van der Waals surface area contributed by atoms with Crippen molar-refractivity contribution in [3.05, 3.63) is 23.8 Å². The number of aliphatic hydroxyl groups excluding tert-OH is 1. The van der Waals surface area contributed by atoms with Crippen molar-refractivity contribution < 1.29 is 14.6 Å². The number of ether oxygens (including phenoxy) is 2. The summed E-state index contributed by atoms with van der Waals surface area (Å²) in [4.78, 5) is 7.31. The number of piperidine rings is 1. The third-order valence-electron chi connectivity index (χ3n) is 6.95. The normalized spacial score (nSPS) is 23.8. The lowest BCUT2D eigenvalue weighted by molar-refractivity contribution is 0.0495. The number of β-amino-alcohol motifs (C(OH)–C–C–N with tert-alkyl or cyclic N) is 1. The first-order valence-corrected chi connectivity index (χ1v) is 11.2. The molecule has 3 fully saturated rings. The van der Waals surface area contributed by atoms with Crippen LogP contribution < -0.4 is 9.47 Å². The molecule has 1 aliphatic carbocycles. The fraction of sp³-hybridized carbons (Fsp3) is 0.739. The van der Waals surface area contributed by atoms with E-state index in [1.165, 1.54) is 44.2 Å². The maximum absolute atomic E-state index is 10.5. The molecule has 6 nitrogen and oxygen atoms in total. The zero-order chi connectivity index (χ0) is 20.3. The Morgan fingerprint density at radius 1 is 1.07 bits per heavy atom. The highest BCUT2D eigenvalue weighted by Gasteiger charge is 2.48. The van der Waals surface area contributed by atoms with E-state index in [0.29, 0.717) is 18.7 Å². The molecular formula is C23H37N3O3. The molecule has 0 aromatic heterocycles. The Labute approximate surface area is 175 Å². The fourth-order valence-electron chi connectivity index (χ4n) is 4.81. The van der Waals surface area contributed by atoms with E-state index in [0.717, 1.165) is 44.2 Å². The van der Waals surface area contributed by atoms with Crippen LogP contribution in [0.3, 0.4) is 0 Å². The molecule has 1 aromatic rings. The van der Waals surface area contributed by atoms with Crippen LogP contribution in [0.5, 0.6) is 11.5 Å². The number of benzene rings is 1. The average Bonchev–Trinajstić information content (AvgIpc) is 3.50. The van der Waals surface area contributed by atoms with E-state index in [9.17, 15) is 5.11 Å². The van der Waals surface area contributed by atoms with E-state index in [-0.39, 0.29) is 0 Å². The maximum Gasteiger partial charge on any atom is 0.127 e. The first kappa shape index (κ1) is 20.9. The number of methoxy groups -OCH3 is 1. The fourth-order valence-corrected chi connectivity index (χ4v) is 4.81. The van der Waals surface area contributed by atoms with Crippen molar-refractivity contribution in [3.8, 4) is 11.5 Å². The zero-order valence-corrected chi connectivity index (χ0v) is 18.1. The summed E-state index contributed by atoms with van der Waals surface area (Å²) in [5, 5.41) is 10.5. The molecule has 1 saturated carbocycles. The topological polar surface area (TPSA) is 48.4 Å². The van der Waals surface area contributed by atoms with Gasteiger partial charge in [-0.25, -0.2) is 0 Å². The largest absolute Gasteiger partial charge is 0.497 e. The molecule has 6 heteroatoms. The monoisotopic (exact) mass is 403 g/mol. The number of hydrogen-bond donors (Lipinski definition) is 1. The molecule has 1 N–H and O–H groups in total. The van der Waals surface area contributed by atoms with Crippen LogP contribution in [-0.4, -0.2) is 91.5 Å². The molecule has 1 aromatic carbocycles. The lowest BCUT2D eigenvalue weighted by atomic mass is 9.99. The molecule has 162 valence electrons. The van der Waals surface area contributed by atoms with Crippen molar-refractivity contribution in [2.75, 3.05) is 60.0 Å². The molecule has 2 heterocycles. The summed E-state index contributed by atoms with van der Waals surface area (Å²) in [6, 6.07) is 6.12. The van der Waals surface area contributed by atoms with Gasteiger partial charge in [0.25, 0.3) is 0 Å². The van der Waals surface area contributed by atoms with Gasteiger partial charge in [-0.3, -0.25) is 9.80 Å². The summed E-state index contributed by atoms with van der Waals surface area (Å²) in [6.45, 7) is 7.23. The van der Waals surface area contributed by atoms with E-state index in [2.05, 4.69) is 27.8 Å². The van der Waals surface area contributed by atoms with Crippen LogP contribution in [0.4, 0.5) is 0 Å². The van der Waals surface area contributed by atoms with Crippen LogP contribution in [0.1, 0.15) is 37.7 Å². The van der Waals surface area contributed by atoms with Crippen LogP contribution in [-0.2, 0) is 6.54 Å². The Bertz CT molecular complexity index is 671. The third-order valence-corrected chi connectivity index (χ3v) is 6.95. The smallest absolute Gasteiger partial charge is 0.127 e. The van der Waals surface area contributed by atoms with Crippen molar-refractivity contribution in [3.63, 3.8) is 0 Å². The van der Waals surface area contributed by atoms with Crippen molar-refractivity contribution in [1.82, 2.24) is 14.7 Å². The van der Waals surface area contributed by atoms with Crippen molar-refractivity contribution in [2.45, 2.75) is 50.3 Å². The van der Waals surface area contributed by atoms with Gasteiger partial charge in [-0.1, -0.05) is 12.5 Å². The Morgan fingerprint density at radius 3 is 2.59 bits per heavy atom. The van der Waals surface area contributed by atoms with Gasteiger partial charge in [-0.15, -0.1) is 0 Å². The highest BCUT2D eigenvalue weighted by atomic mass is 16.5. The number of likely N-dealkylation sites (N-methyl/N-ethyl adjacent to an activating group) is 1. The van der Waals surface area contributed by atoms with Crippen molar-refractivity contribution in [2.24, 2.45) is 0 Å². The van der Waals surface area contributed by atoms with Crippen molar-refractivity contribution in [1.29, 1.82) is 0 Å². The molecule has 1 unspecified atom stereocenters. The molecular weight excluding hydrogens is 366 g/mol. The molecule has 2 saturated heterocycles. The van der Waals surface area contributed by atoms with Gasteiger partial charge >= 0.3 is 0 Å². The number of rotatable bonds is 8. The van der Waals surface area contributed by atoms with Crippen LogP contribution >= 0.6 is 0 Å². The molecule has 0 bridgehead atoms. The summed E-state index contributed by atoms with van der Waals surface area (Å²) in [5.74, 6) is 1.65. The van der Waals surface area contributed by atoms with Gasteiger partial charge in [0.1, 0.15) is 24.2 Å². The second-order valence-corrected chi connectivity index (χ2v) is 9.15. The quantitative estimate of drug-likeness (QED) is 0.718. The van der Waals surface area contributed by atoms with Gasteiger partial charge in [-0.2, -0.15) is 0 Å². The number of nitrogens with zero attached hydrogens (tertiary/aromatic N) is 3. The lowest BCUT2D eigenvalue weighted by Crippen LogP contribution is -2.47. The van der Waals surface area contributed by atoms with Gasteiger partial charge < -0.3 is 19.5 Å². The standard InChI is InChI=1S/C23H37N3O3/c1-24-11-13-25(14-12-24)17-20(27)18-29-22-15-21(28-2)6-5-19(22)16-26-10-4-3-7-23(26)8-9-23/h5-6,15,20,27H,3-4,7-14,16-18H2,1-2H3. The predicted molar refractivity (Wildman–Crippen MR) is 115 cm³/mol. The highest BCUT2D eigenvalue weighted by Crippen LogP contribution is 2.49. The van der Waals surface area contributed by atoms with Crippen molar-refractivity contribution >= 4 is 0 Å². The summed E-state index contributed by atoms with van der Waals surface area (Å²) in [7, 11) is 3.83. The number of likely N-dealkylation sites (tertiary alicyclic amines) is 1. The minimum absolute atomic E-state index is 0.317. The number of piperazine rings is 1. The third kappa shape index (κ3) is 5.23. The average molecular weight is 404 g/mol. The molecule has 2 aliphatic heterocycles. The van der Waals surface area contributed by atoms with Crippen LogP contribution in [0, 0.1) is 0 Å². The van der Waals surface area contributed by atoms with Gasteiger partial charge in [0.05, 0.1) is 7.11 Å². The van der Waals surface area contributed by atoms with Crippen LogP contribution in [0.2, 0.25) is 0 Å². The molecule has 29 heavy (non-hydrogen) atoms. The maximum atomic E-state index is 10.5. The summed E-state index contributed by atoms with van der Waals surface area (Å²) < 4.78 is 11.6. The first-order chi connectivity index (χ1) is 14.1.